The van der Waals surface area contributed by atoms with Gasteiger partial charge in [0.05, 0.1) is 10.8 Å². The number of thiophene rings is 1. The van der Waals surface area contributed by atoms with E-state index in [9.17, 15) is 19.5 Å². The molecule has 1 fully saturated rings. The fourth-order valence-electron chi connectivity index (χ4n) is 5.62. The minimum absolute atomic E-state index is 0.102. The number of rotatable bonds is 9. The molecule has 0 radical (unpaired) electrons. The van der Waals surface area contributed by atoms with Crippen LogP contribution in [0.25, 0.3) is 33.6 Å². The monoisotopic (exact) mass is 730 g/mol. The van der Waals surface area contributed by atoms with Crippen molar-refractivity contribution in [1.82, 2.24) is 20.2 Å². The van der Waals surface area contributed by atoms with E-state index in [-0.39, 0.29) is 36.7 Å². The Hall–Kier alpha value is -4.64. The number of carbonyl (C=O) groups is 3. The first-order valence-corrected chi connectivity index (χ1v) is 17.4. The molecule has 3 aromatic carbocycles. The summed E-state index contributed by atoms with van der Waals surface area (Å²) in [6.45, 7) is 6.41. The Morgan fingerprint density at radius 2 is 1.54 bits per heavy atom. The van der Waals surface area contributed by atoms with Crippen molar-refractivity contribution in [3.63, 3.8) is 0 Å². The molecule has 2 amide bonds. The van der Waals surface area contributed by atoms with Gasteiger partial charge < -0.3 is 15.3 Å². The molecule has 5 aromatic rings. The van der Waals surface area contributed by atoms with Crippen LogP contribution >= 0.6 is 34.5 Å². The van der Waals surface area contributed by atoms with Crippen LogP contribution in [0, 0.1) is 11.7 Å². The Kier molecular flexibility index (Phi) is 10.1. The van der Waals surface area contributed by atoms with E-state index in [2.05, 4.69) is 36.1 Å². The van der Waals surface area contributed by atoms with Crippen molar-refractivity contribution in [2.24, 2.45) is 5.92 Å². The first-order chi connectivity index (χ1) is 23.7. The zero-order chi connectivity index (χ0) is 35.7. The molecule has 50 heavy (non-hydrogen) atoms. The van der Waals surface area contributed by atoms with Crippen molar-refractivity contribution in [1.29, 1.82) is 0 Å². The fraction of sp³-hybridized carbons (Fsp3) is 0.237. The second-order valence-corrected chi connectivity index (χ2v) is 15.2. The maximum atomic E-state index is 15.2. The molecule has 1 aliphatic heterocycles. The van der Waals surface area contributed by atoms with Gasteiger partial charge in [-0.15, -0.1) is 11.3 Å². The third-order valence-electron chi connectivity index (χ3n) is 8.49. The van der Waals surface area contributed by atoms with Gasteiger partial charge in [0.15, 0.2) is 5.82 Å². The van der Waals surface area contributed by atoms with Crippen molar-refractivity contribution in [3.05, 3.63) is 116 Å². The molecule has 0 saturated carbocycles. The minimum atomic E-state index is -0.948. The summed E-state index contributed by atoms with van der Waals surface area (Å²) in [5, 5.41) is 13.1. The van der Waals surface area contributed by atoms with Crippen LogP contribution in [-0.2, 0) is 21.4 Å². The number of benzene rings is 3. The van der Waals surface area contributed by atoms with Crippen LogP contribution in [-0.4, -0.2) is 56.9 Å². The summed E-state index contributed by atoms with van der Waals surface area (Å²) in [4.78, 5) is 50.0. The average molecular weight is 732 g/mol. The maximum Gasteiger partial charge on any atom is 0.310 e. The van der Waals surface area contributed by atoms with Crippen LogP contribution in [0.15, 0.2) is 85.2 Å². The molecule has 0 spiro atoms. The lowest BCUT2D eigenvalue weighted by Crippen LogP contribution is -2.59. The number of hydrogen-bond donors (Lipinski definition) is 2. The molecule has 2 aromatic heterocycles. The van der Waals surface area contributed by atoms with Crippen LogP contribution in [0.4, 0.5) is 4.39 Å². The van der Waals surface area contributed by atoms with Crippen LogP contribution in [0.1, 0.15) is 40.9 Å². The third-order valence-corrected chi connectivity index (χ3v) is 10.4. The van der Waals surface area contributed by atoms with Crippen molar-refractivity contribution in [2.75, 3.05) is 13.1 Å². The highest BCUT2D eigenvalue weighted by Crippen LogP contribution is 2.32. The lowest BCUT2D eigenvalue weighted by atomic mass is 9.95. The van der Waals surface area contributed by atoms with Gasteiger partial charge in [-0.05, 0) is 58.5 Å². The summed E-state index contributed by atoms with van der Waals surface area (Å²) in [5.41, 5.74) is 3.55. The highest BCUT2D eigenvalue weighted by Gasteiger charge is 2.39. The SMILES string of the molecule is CC(C)(C)c1ccc(C(=O)N[C@@H](Cc2ccc(-c3ncc(-c4ccc(-c5cc(Cl)cc(Cl)c5)cc4F)cn3)cc2)C(=O)N2CC(C(=O)O)C2)s1. The van der Waals surface area contributed by atoms with Crippen molar-refractivity contribution < 1.29 is 23.9 Å². The van der Waals surface area contributed by atoms with Crippen LogP contribution in [0.5, 0.6) is 0 Å². The normalized spacial score (nSPS) is 13.8. The number of carboxylic acids is 1. The number of aromatic nitrogens is 2. The standard InChI is InChI=1S/C38H33Cl2FN4O4S/c1-38(2,3)33-11-10-32(50-33)35(46)44-31(36(47)45-19-26(20-45)37(48)49)12-21-4-6-22(7-5-21)34-42-17-25(18-43-34)29-9-8-23(15-30(29)41)24-13-27(39)16-28(40)14-24/h4-11,13-18,26,31H,12,19-20H2,1-3H3,(H,44,46)(H,48,49)/t31-/m0/s1. The Morgan fingerprint density at radius 1 is 0.900 bits per heavy atom. The second kappa shape index (κ2) is 14.3. The Morgan fingerprint density at radius 3 is 2.12 bits per heavy atom. The summed E-state index contributed by atoms with van der Waals surface area (Å²) >= 11 is 13.6. The molecule has 1 atom stereocenters. The molecule has 256 valence electrons. The summed E-state index contributed by atoms with van der Waals surface area (Å²) in [6.07, 6.45) is 3.32. The number of hydrogen-bond acceptors (Lipinski definition) is 6. The fourth-order valence-corrected chi connectivity index (χ4v) is 7.11. The largest absolute Gasteiger partial charge is 0.481 e. The van der Waals surface area contributed by atoms with Gasteiger partial charge in [-0.1, -0.05) is 80.4 Å². The zero-order valence-corrected chi connectivity index (χ0v) is 29.7. The number of carbonyl (C=O) groups excluding carboxylic acids is 2. The smallest absolute Gasteiger partial charge is 0.310 e. The highest BCUT2D eigenvalue weighted by atomic mass is 35.5. The van der Waals surface area contributed by atoms with Crippen molar-refractivity contribution in [3.8, 4) is 33.6 Å². The Bertz CT molecular complexity index is 2050. The molecule has 3 heterocycles. The number of amides is 2. The number of likely N-dealkylation sites (tertiary alicyclic amines) is 1. The van der Waals surface area contributed by atoms with Gasteiger partial charge in [-0.3, -0.25) is 14.4 Å². The van der Waals surface area contributed by atoms with Crippen molar-refractivity contribution >= 4 is 52.3 Å². The average Bonchev–Trinajstić information content (AvgIpc) is 3.55. The molecule has 0 aliphatic carbocycles. The van der Waals surface area contributed by atoms with E-state index < -0.39 is 23.7 Å². The molecule has 2 N–H and O–H groups in total. The summed E-state index contributed by atoms with van der Waals surface area (Å²) < 4.78 is 15.2. The Balaban J connectivity index is 1.16. The van der Waals surface area contributed by atoms with Gasteiger partial charge in [-0.2, -0.15) is 0 Å². The zero-order valence-electron chi connectivity index (χ0n) is 27.4. The van der Waals surface area contributed by atoms with Gasteiger partial charge in [0.25, 0.3) is 5.91 Å². The molecule has 12 heteroatoms. The first-order valence-electron chi connectivity index (χ1n) is 15.9. The minimum Gasteiger partial charge on any atom is -0.481 e. The molecular formula is C38H33Cl2FN4O4S. The van der Waals surface area contributed by atoms with Crippen LogP contribution in [0.3, 0.4) is 0 Å². The van der Waals surface area contributed by atoms with E-state index >= 15 is 4.39 Å². The summed E-state index contributed by atoms with van der Waals surface area (Å²) in [6, 6.07) is 20.0. The number of aliphatic carboxylic acids is 1. The molecule has 1 aliphatic rings. The van der Waals surface area contributed by atoms with E-state index in [1.807, 2.05) is 30.3 Å². The molecular weight excluding hydrogens is 698 g/mol. The van der Waals surface area contributed by atoms with E-state index in [1.165, 1.54) is 22.3 Å². The topological polar surface area (TPSA) is 112 Å². The third kappa shape index (κ3) is 7.88. The van der Waals surface area contributed by atoms with Gasteiger partial charge >= 0.3 is 5.97 Å². The summed E-state index contributed by atoms with van der Waals surface area (Å²) in [7, 11) is 0. The van der Waals surface area contributed by atoms with Crippen LogP contribution in [0.2, 0.25) is 10.0 Å². The first kappa shape index (κ1) is 35.2. The van der Waals surface area contributed by atoms with E-state index in [4.69, 9.17) is 23.2 Å². The molecule has 0 unspecified atom stereocenters. The number of halogens is 3. The number of nitrogens with one attached hydrogen (secondary N) is 1. The number of carboxylic acid groups (broad SMARTS) is 1. The van der Waals surface area contributed by atoms with E-state index in [1.54, 1.807) is 48.8 Å². The molecule has 1 saturated heterocycles. The predicted molar refractivity (Wildman–Crippen MR) is 194 cm³/mol. The maximum absolute atomic E-state index is 15.2. The predicted octanol–water partition coefficient (Wildman–Crippen LogP) is 8.17. The lowest BCUT2D eigenvalue weighted by Gasteiger charge is -2.38. The second-order valence-electron chi connectivity index (χ2n) is 13.3. The van der Waals surface area contributed by atoms with Gasteiger partial charge in [0, 0.05) is 63.5 Å². The van der Waals surface area contributed by atoms with Gasteiger partial charge in [-0.25, -0.2) is 14.4 Å². The number of nitrogens with zero attached hydrogens (tertiary/aromatic N) is 3. The lowest BCUT2D eigenvalue weighted by molar-refractivity contribution is -0.153. The molecule has 6 rings (SSSR count). The quantitative estimate of drug-likeness (QED) is 0.158. The van der Waals surface area contributed by atoms with Gasteiger partial charge in [0.2, 0.25) is 5.91 Å². The molecule has 8 nitrogen and oxygen atoms in total. The van der Waals surface area contributed by atoms with E-state index in [0.717, 1.165) is 10.4 Å². The molecule has 0 bridgehead atoms. The summed E-state index contributed by atoms with van der Waals surface area (Å²) in [5.74, 6) is -2.26. The Labute approximate surface area is 302 Å². The highest BCUT2D eigenvalue weighted by molar-refractivity contribution is 7.14. The van der Waals surface area contributed by atoms with Crippen LogP contribution < -0.4 is 5.32 Å². The van der Waals surface area contributed by atoms with Crippen molar-refractivity contribution in [2.45, 2.75) is 38.6 Å². The van der Waals surface area contributed by atoms with E-state index in [0.29, 0.717) is 48.6 Å². The van der Waals surface area contributed by atoms with Gasteiger partial charge in [0.1, 0.15) is 11.9 Å².